The molecule has 0 saturated heterocycles. The van der Waals surface area contributed by atoms with E-state index in [0.29, 0.717) is 36.1 Å². The topological polar surface area (TPSA) is 85.4 Å². The van der Waals surface area contributed by atoms with Crippen molar-refractivity contribution < 1.29 is 14.3 Å². The van der Waals surface area contributed by atoms with Gasteiger partial charge in [-0.15, -0.1) is 0 Å². The molecular formula is C14H13ClN4O3. The predicted molar refractivity (Wildman–Crippen MR) is 81.9 cm³/mol. The lowest BCUT2D eigenvalue weighted by atomic mass is 10.2. The number of nitrogens with one attached hydrogen (secondary N) is 2. The molecule has 2 heterocycles. The van der Waals surface area contributed by atoms with E-state index in [2.05, 4.69) is 20.6 Å². The van der Waals surface area contributed by atoms with Crippen molar-refractivity contribution in [2.75, 3.05) is 23.8 Å². The molecule has 0 radical (unpaired) electrons. The molecule has 0 aliphatic carbocycles. The number of amides is 2. The van der Waals surface area contributed by atoms with Crippen LogP contribution in [0.2, 0.25) is 5.15 Å². The number of hydrogen-bond acceptors (Lipinski definition) is 5. The number of benzene rings is 1. The van der Waals surface area contributed by atoms with E-state index in [-0.39, 0.29) is 11.1 Å². The number of anilines is 2. The van der Waals surface area contributed by atoms with E-state index in [4.69, 9.17) is 21.1 Å². The fourth-order valence-corrected chi connectivity index (χ4v) is 2.21. The predicted octanol–water partition coefficient (Wildman–Crippen LogP) is 2.85. The fourth-order valence-electron chi connectivity index (χ4n) is 1.97. The summed E-state index contributed by atoms with van der Waals surface area (Å²) in [7, 11) is 0. The van der Waals surface area contributed by atoms with Gasteiger partial charge in [0.2, 0.25) is 5.95 Å². The first-order valence-electron chi connectivity index (χ1n) is 6.59. The van der Waals surface area contributed by atoms with E-state index in [1.807, 2.05) is 0 Å². The number of carbonyl (C=O) groups excluding carboxylic acids is 1. The summed E-state index contributed by atoms with van der Waals surface area (Å²) < 4.78 is 10.9. The Labute approximate surface area is 131 Å². The summed E-state index contributed by atoms with van der Waals surface area (Å²) in [5, 5.41) is 5.46. The molecule has 0 atom stereocenters. The number of fused-ring (bicyclic) bond motifs is 1. The molecule has 1 aromatic heterocycles. The molecule has 0 saturated carbocycles. The summed E-state index contributed by atoms with van der Waals surface area (Å²) in [6, 6.07) is 6.28. The Hall–Kier alpha value is -2.54. The zero-order valence-corrected chi connectivity index (χ0v) is 12.5. The maximum Gasteiger partial charge on any atom is 0.326 e. The lowest BCUT2D eigenvalue weighted by molar-refractivity contribution is 0.171. The molecule has 0 unspecified atom stereocenters. The van der Waals surface area contributed by atoms with Crippen LogP contribution < -0.4 is 20.1 Å². The summed E-state index contributed by atoms with van der Waals surface area (Å²) in [4.78, 5) is 20.0. The SMILES string of the molecule is Cc1cc(Cl)nc(NC(=O)Nc2ccc3c(c2)OCCO3)n1. The van der Waals surface area contributed by atoms with Crippen molar-refractivity contribution in [1.29, 1.82) is 0 Å². The van der Waals surface area contributed by atoms with Crippen LogP contribution in [-0.2, 0) is 0 Å². The summed E-state index contributed by atoms with van der Waals surface area (Å²) in [5.74, 6) is 1.39. The Bertz CT molecular complexity index is 703. The number of rotatable bonds is 2. The van der Waals surface area contributed by atoms with E-state index < -0.39 is 6.03 Å². The molecule has 0 bridgehead atoms. The molecular weight excluding hydrogens is 308 g/mol. The standard InChI is InChI=1S/C14H13ClN4O3/c1-8-6-12(15)18-13(16-8)19-14(20)17-9-2-3-10-11(7-9)22-5-4-21-10/h2-3,6-7H,4-5H2,1H3,(H2,16,17,18,19,20). The van der Waals surface area contributed by atoms with Gasteiger partial charge in [-0.1, -0.05) is 11.6 Å². The van der Waals surface area contributed by atoms with Crippen molar-refractivity contribution >= 4 is 29.3 Å². The molecule has 0 fully saturated rings. The number of urea groups is 1. The molecule has 22 heavy (non-hydrogen) atoms. The zero-order valence-electron chi connectivity index (χ0n) is 11.7. The number of ether oxygens (including phenoxy) is 2. The largest absolute Gasteiger partial charge is 0.486 e. The molecule has 1 aliphatic heterocycles. The third kappa shape index (κ3) is 3.37. The van der Waals surface area contributed by atoms with Gasteiger partial charge in [0.25, 0.3) is 0 Å². The third-order valence-electron chi connectivity index (χ3n) is 2.85. The molecule has 3 rings (SSSR count). The highest BCUT2D eigenvalue weighted by Crippen LogP contribution is 2.32. The molecule has 2 N–H and O–H groups in total. The Morgan fingerprint density at radius 3 is 2.68 bits per heavy atom. The molecule has 2 aromatic rings. The van der Waals surface area contributed by atoms with Crippen LogP contribution in [0.5, 0.6) is 11.5 Å². The third-order valence-corrected chi connectivity index (χ3v) is 3.04. The van der Waals surface area contributed by atoms with E-state index >= 15 is 0 Å². The van der Waals surface area contributed by atoms with Gasteiger partial charge in [0.15, 0.2) is 11.5 Å². The van der Waals surface area contributed by atoms with Crippen LogP contribution in [0.3, 0.4) is 0 Å². The number of aryl methyl sites for hydroxylation is 1. The monoisotopic (exact) mass is 320 g/mol. The van der Waals surface area contributed by atoms with Gasteiger partial charge in [-0.3, -0.25) is 5.32 Å². The first-order chi connectivity index (χ1) is 10.6. The van der Waals surface area contributed by atoms with Crippen LogP contribution in [0.4, 0.5) is 16.4 Å². The number of carbonyl (C=O) groups is 1. The maximum absolute atomic E-state index is 12.0. The lowest BCUT2D eigenvalue weighted by Crippen LogP contribution is -2.21. The second-order valence-electron chi connectivity index (χ2n) is 4.59. The van der Waals surface area contributed by atoms with Gasteiger partial charge in [-0.05, 0) is 25.1 Å². The van der Waals surface area contributed by atoms with Gasteiger partial charge in [0, 0.05) is 17.4 Å². The molecule has 8 heteroatoms. The van der Waals surface area contributed by atoms with Gasteiger partial charge in [0.1, 0.15) is 18.4 Å². The van der Waals surface area contributed by atoms with Crippen LogP contribution in [0.1, 0.15) is 5.69 Å². The normalized spacial score (nSPS) is 12.6. The zero-order chi connectivity index (χ0) is 15.5. The van der Waals surface area contributed by atoms with E-state index in [1.54, 1.807) is 31.2 Å². The summed E-state index contributed by atoms with van der Waals surface area (Å²) in [5.41, 5.74) is 1.23. The van der Waals surface area contributed by atoms with Crippen LogP contribution in [0.25, 0.3) is 0 Å². The fraction of sp³-hybridized carbons (Fsp3) is 0.214. The Balaban J connectivity index is 1.69. The Morgan fingerprint density at radius 2 is 1.91 bits per heavy atom. The molecule has 114 valence electrons. The smallest absolute Gasteiger partial charge is 0.326 e. The average Bonchev–Trinajstić information content (AvgIpc) is 2.45. The van der Waals surface area contributed by atoms with Crippen LogP contribution in [0, 0.1) is 6.92 Å². The quantitative estimate of drug-likeness (QED) is 0.831. The molecule has 7 nitrogen and oxygen atoms in total. The van der Waals surface area contributed by atoms with Crippen molar-refractivity contribution in [2.45, 2.75) is 6.92 Å². The van der Waals surface area contributed by atoms with E-state index in [9.17, 15) is 4.79 Å². The van der Waals surface area contributed by atoms with Crippen LogP contribution in [0.15, 0.2) is 24.3 Å². The second-order valence-corrected chi connectivity index (χ2v) is 4.98. The van der Waals surface area contributed by atoms with E-state index in [1.165, 1.54) is 0 Å². The summed E-state index contributed by atoms with van der Waals surface area (Å²) in [6.07, 6.45) is 0. The van der Waals surface area contributed by atoms with Crippen molar-refractivity contribution in [2.24, 2.45) is 0 Å². The highest BCUT2D eigenvalue weighted by molar-refractivity contribution is 6.29. The number of hydrogen-bond donors (Lipinski definition) is 2. The first kappa shape index (κ1) is 14.4. The Kier molecular flexibility index (Phi) is 3.97. The van der Waals surface area contributed by atoms with Crippen molar-refractivity contribution in [3.05, 3.63) is 35.1 Å². The van der Waals surface area contributed by atoms with E-state index in [0.717, 1.165) is 0 Å². The number of aromatic nitrogens is 2. The molecule has 2 amide bonds. The Morgan fingerprint density at radius 1 is 1.14 bits per heavy atom. The van der Waals surface area contributed by atoms with Crippen LogP contribution >= 0.6 is 11.6 Å². The lowest BCUT2D eigenvalue weighted by Gasteiger charge is -2.19. The average molecular weight is 321 g/mol. The van der Waals surface area contributed by atoms with Crippen molar-refractivity contribution in [3.63, 3.8) is 0 Å². The minimum absolute atomic E-state index is 0.139. The van der Waals surface area contributed by atoms with Gasteiger partial charge in [0.05, 0.1) is 0 Å². The highest BCUT2D eigenvalue weighted by Gasteiger charge is 2.13. The van der Waals surface area contributed by atoms with Crippen molar-refractivity contribution in [1.82, 2.24) is 9.97 Å². The summed E-state index contributed by atoms with van der Waals surface area (Å²) in [6.45, 7) is 2.77. The summed E-state index contributed by atoms with van der Waals surface area (Å²) >= 11 is 5.82. The van der Waals surface area contributed by atoms with Crippen LogP contribution in [-0.4, -0.2) is 29.2 Å². The van der Waals surface area contributed by atoms with Gasteiger partial charge < -0.3 is 14.8 Å². The minimum atomic E-state index is -0.474. The number of nitrogens with zero attached hydrogens (tertiary/aromatic N) is 2. The molecule has 1 aliphatic rings. The second kappa shape index (κ2) is 6.07. The van der Waals surface area contributed by atoms with Gasteiger partial charge in [-0.2, -0.15) is 0 Å². The van der Waals surface area contributed by atoms with Gasteiger partial charge in [-0.25, -0.2) is 14.8 Å². The minimum Gasteiger partial charge on any atom is -0.486 e. The highest BCUT2D eigenvalue weighted by atomic mass is 35.5. The maximum atomic E-state index is 12.0. The molecule has 1 aromatic carbocycles. The first-order valence-corrected chi connectivity index (χ1v) is 6.97. The number of halogens is 1. The van der Waals surface area contributed by atoms with Gasteiger partial charge >= 0.3 is 6.03 Å². The molecule has 0 spiro atoms. The van der Waals surface area contributed by atoms with Crippen molar-refractivity contribution in [3.8, 4) is 11.5 Å².